The second-order valence-corrected chi connectivity index (χ2v) is 7.53. The van der Waals surface area contributed by atoms with Gasteiger partial charge in [-0.25, -0.2) is 0 Å². The van der Waals surface area contributed by atoms with Crippen molar-refractivity contribution in [3.63, 3.8) is 0 Å². The number of guanidine groups is 1. The number of rotatable bonds is 5. The predicted molar refractivity (Wildman–Crippen MR) is 119 cm³/mol. The van der Waals surface area contributed by atoms with Crippen LogP contribution >= 0.6 is 24.0 Å². The first-order valence-corrected chi connectivity index (χ1v) is 10.4. The number of aliphatic imine (C=N–C) groups is 1. The molecule has 3 aliphatic rings. The molecule has 7 heteroatoms. The molecule has 0 saturated carbocycles. The molecular weight excluding hydrogens is 441 g/mol. The zero-order valence-corrected chi connectivity index (χ0v) is 18.8. The molecule has 26 heavy (non-hydrogen) atoms. The molecule has 0 aromatic heterocycles. The van der Waals surface area contributed by atoms with E-state index in [1.54, 1.807) is 0 Å². The Morgan fingerprint density at radius 3 is 2.46 bits per heavy atom. The summed E-state index contributed by atoms with van der Waals surface area (Å²) < 4.78 is 5.50. The Morgan fingerprint density at radius 1 is 1.04 bits per heavy atom. The van der Waals surface area contributed by atoms with E-state index < -0.39 is 0 Å². The molecule has 3 rings (SSSR count). The molecule has 0 amide bonds. The molecule has 3 aliphatic heterocycles. The van der Waals surface area contributed by atoms with Crippen LogP contribution in [0.3, 0.4) is 0 Å². The van der Waals surface area contributed by atoms with Gasteiger partial charge in [-0.05, 0) is 39.3 Å². The molecule has 152 valence electrons. The molecule has 3 fully saturated rings. The maximum absolute atomic E-state index is 5.50. The Kier molecular flexibility index (Phi) is 10.5. The van der Waals surface area contributed by atoms with Crippen LogP contribution in [0, 0.1) is 0 Å². The summed E-state index contributed by atoms with van der Waals surface area (Å²) in [6.07, 6.45) is 6.77. The predicted octanol–water partition coefficient (Wildman–Crippen LogP) is 1.85. The van der Waals surface area contributed by atoms with Crippen LogP contribution in [0.5, 0.6) is 0 Å². The molecule has 0 spiro atoms. The lowest BCUT2D eigenvalue weighted by molar-refractivity contribution is 0.0195. The van der Waals surface area contributed by atoms with Crippen LogP contribution < -0.4 is 5.32 Å². The van der Waals surface area contributed by atoms with E-state index in [2.05, 4.69) is 26.9 Å². The highest BCUT2D eigenvalue weighted by atomic mass is 127. The molecule has 3 heterocycles. The van der Waals surface area contributed by atoms with E-state index in [0.717, 1.165) is 65.0 Å². The maximum Gasteiger partial charge on any atom is 0.194 e. The van der Waals surface area contributed by atoms with Crippen LogP contribution in [-0.4, -0.2) is 98.8 Å². The van der Waals surface area contributed by atoms with Gasteiger partial charge >= 0.3 is 0 Å². The minimum absolute atomic E-state index is 0. The summed E-state index contributed by atoms with van der Waals surface area (Å²) in [4.78, 5) is 12.6. The van der Waals surface area contributed by atoms with E-state index in [4.69, 9.17) is 9.73 Å². The fourth-order valence-corrected chi connectivity index (χ4v) is 4.26. The molecule has 1 unspecified atom stereocenters. The van der Waals surface area contributed by atoms with Gasteiger partial charge in [0.2, 0.25) is 0 Å². The number of halogens is 1. The van der Waals surface area contributed by atoms with Crippen molar-refractivity contribution >= 4 is 29.9 Å². The van der Waals surface area contributed by atoms with E-state index in [-0.39, 0.29) is 24.0 Å². The van der Waals surface area contributed by atoms with E-state index in [9.17, 15) is 0 Å². The largest absolute Gasteiger partial charge is 0.379 e. The Hall–Kier alpha value is -0.120. The number of hydrogen-bond acceptors (Lipinski definition) is 4. The van der Waals surface area contributed by atoms with Crippen molar-refractivity contribution in [2.45, 2.75) is 45.1 Å². The molecule has 0 bridgehead atoms. The minimum atomic E-state index is 0. The van der Waals surface area contributed by atoms with Gasteiger partial charge < -0.3 is 19.9 Å². The Balaban J connectivity index is 0.00000243. The standard InChI is InChI=1S/C19H37N5O.HI/c1-2-20-19(21-8-12-22-9-5-3-4-6-10-22)24-11-7-18(17-24)23-13-15-25-16-14-23;/h18H,2-17H2,1H3,(H,20,21);1H. The lowest BCUT2D eigenvalue weighted by atomic mass is 10.2. The Bertz CT molecular complexity index is 409. The summed E-state index contributed by atoms with van der Waals surface area (Å²) in [7, 11) is 0. The first kappa shape index (κ1) is 22.2. The molecular formula is C19H38IN5O. The van der Waals surface area contributed by atoms with E-state index >= 15 is 0 Å². The Labute approximate surface area is 176 Å². The summed E-state index contributed by atoms with van der Waals surface area (Å²) in [5, 5.41) is 3.51. The third-order valence-corrected chi connectivity index (χ3v) is 5.74. The van der Waals surface area contributed by atoms with Crippen molar-refractivity contribution in [3.8, 4) is 0 Å². The van der Waals surface area contributed by atoms with Crippen LogP contribution in [0.25, 0.3) is 0 Å². The first-order chi connectivity index (χ1) is 12.4. The van der Waals surface area contributed by atoms with Gasteiger partial charge in [-0.1, -0.05) is 12.8 Å². The second-order valence-electron chi connectivity index (χ2n) is 7.53. The average Bonchev–Trinajstić information content (AvgIpc) is 3.00. The lowest BCUT2D eigenvalue weighted by Gasteiger charge is -2.32. The highest BCUT2D eigenvalue weighted by Gasteiger charge is 2.30. The van der Waals surface area contributed by atoms with Gasteiger partial charge in [-0.3, -0.25) is 9.89 Å². The molecule has 0 radical (unpaired) electrons. The number of likely N-dealkylation sites (tertiary alicyclic amines) is 2. The second kappa shape index (κ2) is 12.4. The fraction of sp³-hybridized carbons (Fsp3) is 0.947. The zero-order chi connectivity index (χ0) is 17.3. The molecule has 1 N–H and O–H groups in total. The van der Waals surface area contributed by atoms with Crippen molar-refractivity contribution in [2.24, 2.45) is 4.99 Å². The van der Waals surface area contributed by atoms with Gasteiger partial charge in [-0.15, -0.1) is 24.0 Å². The molecule has 3 saturated heterocycles. The van der Waals surface area contributed by atoms with Gasteiger partial charge in [0.25, 0.3) is 0 Å². The monoisotopic (exact) mass is 479 g/mol. The van der Waals surface area contributed by atoms with E-state index in [1.807, 2.05) is 0 Å². The summed E-state index contributed by atoms with van der Waals surface area (Å²) in [5.41, 5.74) is 0. The maximum atomic E-state index is 5.50. The van der Waals surface area contributed by atoms with Crippen LogP contribution in [0.15, 0.2) is 4.99 Å². The number of nitrogens with one attached hydrogen (secondary N) is 1. The van der Waals surface area contributed by atoms with Crippen LogP contribution in [0.4, 0.5) is 0 Å². The lowest BCUT2D eigenvalue weighted by Crippen LogP contribution is -2.46. The van der Waals surface area contributed by atoms with Crippen molar-refractivity contribution in [2.75, 3.05) is 72.1 Å². The number of morpholine rings is 1. The smallest absolute Gasteiger partial charge is 0.194 e. The highest BCUT2D eigenvalue weighted by molar-refractivity contribution is 14.0. The summed E-state index contributed by atoms with van der Waals surface area (Å²) in [5.74, 6) is 1.12. The number of nitrogens with zero attached hydrogens (tertiary/aromatic N) is 4. The van der Waals surface area contributed by atoms with Crippen LogP contribution in [0.1, 0.15) is 39.0 Å². The van der Waals surface area contributed by atoms with Gasteiger partial charge in [-0.2, -0.15) is 0 Å². The molecule has 0 aliphatic carbocycles. The van der Waals surface area contributed by atoms with E-state index in [1.165, 1.54) is 45.2 Å². The summed E-state index contributed by atoms with van der Waals surface area (Å²) in [6, 6.07) is 0.665. The highest BCUT2D eigenvalue weighted by Crippen LogP contribution is 2.17. The number of hydrogen-bond donors (Lipinski definition) is 1. The van der Waals surface area contributed by atoms with Gasteiger partial charge in [0.15, 0.2) is 5.96 Å². The molecule has 6 nitrogen and oxygen atoms in total. The van der Waals surface area contributed by atoms with Gasteiger partial charge in [0.1, 0.15) is 0 Å². The van der Waals surface area contributed by atoms with Crippen molar-refractivity contribution in [3.05, 3.63) is 0 Å². The topological polar surface area (TPSA) is 43.3 Å². The zero-order valence-electron chi connectivity index (χ0n) is 16.5. The van der Waals surface area contributed by atoms with Crippen LogP contribution in [-0.2, 0) is 4.74 Å². The molecule has 0 aromatic rings. The number of ether oxygens (including phenoxy) is 1. The summed E-state index contributed by atoms with van der Waals surface area (Å²) in [6.45, 7) is 13.8. The normalized spacial score (nSPS) is 26.4. The first-order valence-electron chi connectivity index (χ1n) is 10.4. The van der Waals surface area contributed by atoms with E-state index in [0.29, 0.717) is 6.04 Å². The quantitative estimate of drug-likeness (QED) is 0.371. The third-order valence-electron chi connectivity index (χ3n) is 5.74. The Morgan fingerprint density at radius 2 is 1.77 bits per heavy atom. The van der Waals surface area contributed by atoms with Gasteiger partial charge in [0.05, 0.1) is 19.8 Å². The third kappa shape index (κ3) is 6.80. The van der Waals surface area contributed by atoms with Crippen molar-refractivity contribution in [1.29, 1.82) is 0 Å². The van der Waals surface area contributed by atoms with Crippen molar-refractivity contribution < 1.29 is 4.74 Å². The van der Waals surface area contributed by atoms with Crippen LogP contribution in [0.2, 0.25) is 0 Å². The minimum Gasteiger partial charge on any atom is -0.379 e. The fourth-order valence-electron chi connectivity index (χ4n) is 4.26. The van der Waals surface area contributed by atoms with Gasteiger partial charge in [0, 0.05) is 45.3 Å². The molecule has 1 atom stereocenters. The molecule has 0 aromatic carbocycles. The average molecular weight is 479 g/mol. The summed E-state index contributed by atoms with van der Waals surface area (Å²) >= 11 is 0. The SMILES string of the molecule is CCNC(=NCCN1CCCCCC1)N1CCC(N2CCOCC2)C1.I. The van der Waals surface area contributed by atoms with Crippen molar-refractivity contribution in [1.82, 2.24) is 20.0 Å².